The summed E-state index contributed by atoms with van der Waals surface area (Å²) in [4.78, 5) is 0. The lowest BCUT2D eigenvalue weighted by molar-refractivity contribution is 0.320. The second kappa shape index (κ2) is 6.52. The molecule has 1 heterocycles. The number of nitrogens with zero attached hydrogens (tertiary/aromatic N) is 1. The lowest BCUT2D eigenvalue weighted by atomic mass is 10.0. The summed E-state index contributed by atoms with van der Waals surface area (Å²) in [5.74, 6) is 0. The minimum absolute atomic E-state index is 0.219. The molecule has 1 aromatic carbocycles. The first-order chi connectivity index (χ1) is 9.38. The van der Waals surface area contributed by atoms with Crippen molar-refractivity contribution in [3.05, 3.63) is 47.0 Å². The molecule has 0 fully saturated rings. The zero-order valence-electron chi connectivity index (χ0n) is 12.3. The summed E-state index contributed by atoms with van der Waals surface area (Å²) in [5.41, 5.74) is 1.24. The van der Waals surface area contributed by atoms with Crippen molar-refractivity contribution >= 4 is 23.0 Å². The predicted molar refractivity (Wildman–Crippen MR) is 87.3 cm³/mol. The summed E-state index contributed by atoms with van der Waals surface area (Å²) in [6.45, 7) is 6.85. The Morgan fingerprint density at radius 1 is 1.25 bits per heavy atom. The minimum atomic E-state index is -0.976. The van der Waals surface area contributed by atoms with E-state index in [1.807, 2.05) is 32.9 Å². The van der Waals surface area contributed by atoms with Gasteiger partial charge in [0.2, 0.25) is 0 Å². The fourth-order valence-electron chi connectivity index (χ4n) is 2.33. The van der Waals surface area contributed by atoms with Gasteiger partial charge in [-0.2, -0.15) is 0 Å². The number of hydrogen-bond donors (Lipinski definition) is 0. The zero-order chi connectivity index (χ0) is 14.8. The third kappa shape index (κ3) is 4.01. The molecule has 1 unspecified atom stereocenters. The van der Waals surface area contributed by atoms with Gasteiger partial charge in [-0.15, -0.1) is 4.31 Å². The van der Waals surface area contributed by atoms with Crippen molar-refractivity contribution in [1.29, 1.82) is 0 Å². The summed E-state index contributed by atoms with van der Waals surface area (Å²) in [5, 5.41) is 0.757. The normalized spacial score (nSPS) is 21.9. The Hall–Kier alpha value is -0.480. The molecule has 0 amide bonds. The molecule has 20 heavy (non-hydrogen) atoms. The molecule has 2 nitrogen and oxygen atoms in total. The lowest BCUT2D eigenvalue weighted by Crippen LogP contribution is -2.50. The van der Waals surface area contributed by atoms with Crippen LogP contribution >= 0.6 is 11.6 Å². The molecule has 2 rings (SSSR count). The molecule has 0 saturated heterocycles. The van der Waals surface area contributed by atoms with Crippen LogP contribution in [0.25, 0.3) is 0 Å². The molecular weight excluding hydrogens is 290 g/mol. The third-order valence-corrected chi connectivity index (χ3v) is 5.56. The molecule has 0 bridgehead atoms. The summed E-state index contributed by atoms with van der Waals surface area (Å²) in [6.07, 6.45) is 6.16. The molecule has 4 heteroatoms. The number of benzene rings is 1. The van der Waals surface area contributed by atoms with Gasteiger partial charge in [0.05, 0.1) is 12.6 Å². The van der Waals surface area contributed by atoms with Gasteiger partial charge >= 0.3 is 0 Å². The van der Waals surface area contributed by atoms with Crippen LogP contribution in [-0.2, 0) is 17.8 Å². The van der Waals surface area contributed by atoms with E-state index in [1.54, 1.807) is 0 Å². The molecule has 0 saturated carbocycles. The average Bonchev–Trinajstić information content (AvgIpc) is 2.40. The number of rotatable bonds is 3. The molecule has 0 spiro atoms. The number of hydrogen-bond acceptors (Lipinski definition) is 2. The zero-order valence-corrected chi connectivity index (χ0v) is 13.9. The van der Waals surface area contributed by atoms with Gasteiger partial charge in [-0.25, -0.2) is 0 Å². The van der Waals surface area contributed by atoms with Gasteiger partial charge in [0.1, 0.15) is 4.75 Å². The van der Waals surface area contributed by atoms with Gasteiger partial charge in [0, 0.05) is 16.4 Å². The Bertz CT molecular complexity index is 466. The van der Waals surface area contributed by atoms with Crippen molar-refractivity contribution in [1.82, 2.24) is 4.31 Å². The largest absolute Gasteiger partial charge is 0.597 e. The summed E-state index contributed by atoms with van der Waals surface area (Å²) in [7, 11) is 0. The van der Waals surface area contributed by atoms with Gasteiger partial charge in [0.25, 0.3) is 0 Å². The van der Waals surface area contributed by atoms with E-state index in [0.29, 0.717) is 6.04 Å². The standard InChI is InChI=1S/C16H22ClNOS/c1-16(2,3)20(19)18-11-5-4-6-15(18)12-13-7-9-14(17)10-8-13/h4-5,7-10,15H,6,11-12H2,1-3H3/t15-,20?/m1/s1. The maximum absolute atomic E-state index is 12.7. The van der Waals surface area contributed by atoms with Crippen LogP contribution in [-0.4, -0.2) is 26.2 Å². The van der Waals surface area contributed by atoms with Crippen LogP contribution in [0.15, 0.2) is 36.4 Å². The Morgan fingerprint density at radius 2 is 1.90 bits per heavy atom. The van der Waals surface area contributed by atoms with Gasteiger partial charge in [-0.3, -0.25) is 0 Å². The molecule has 0 aliphatic carbocycles. The molecule has 1 aromatic rings. The summed E-state index contributed by atoms with van der Waals surface area (Å²) in [6, 6.07) is 8.24. The van der Waals surface area contributed by atoms with Crippen LogP contribution in [0.4, 0.5) is 0 Å². The van der Waals surface area contributed by atoms with E-state index >= 15 is 0 Å². The Kier molecular flexibility index (Phi) is 5.19. The van der Waals surface area contributed by atoms with E-state index in [1.165, 1.54) is 5.56 Å². The first-order valence-electron chi connectivity index (χ1n) is 6.96. The first kappa shape index (κ1) is 15.9. The van der Waals surface area contributed by atoms with E-state index in [-0.39, 0.29) is 4.75 Å². The van der Waals surface area contributed by atoms with Crippen molar-refractivity contribution in [3.63, 3.8) is 0 Å². The van der Waals surface area contributed by atoms with Gasteiger partial charge in [-0.05, 0) is 51.3 Å². The molecule has 0 radical (unpaired) electrons. The smallest absolute Gasteiger partial charge is 0.137 e. The maximum atomic E-state index is 12.7. The second-order valence-corrected chi connectivity index (χ2v) is 8.78. The van der Waals surface area contributed by atoms with Crippen molar-refractivity contribution in [3.8, 4) is 0 Å². The van der Waals surface area contributed by atoms with Crippen molar-refractivity contribution in [2.24, 2.45) is 0 Å². The summed E-state index contributed by atoms with van der Waals surface area (Å²) < 4.78 is 14.6. The maximum Gasteiger partial charge on any atom is 0.137 e. The van der Waals surface area contributed by atoms with E-state index < -0.39 is 11.4 Å². The molecule has 0 N–H and O–H groups in total. The van der Waals surface area contributed by atoms with Crippen molar-refractivity contribution < 1.29 is 4.55 Å². The highest BCUT2D eigenvalue weighted by molar-refractivity contribution is 7.90. The summed E-state index contributed by atoms with van der Waals surface area (Å²) >= 11 is 4.95. The fraction of sp³-hybridized carbons (Fsp3) is 0.500. The van der Waals surface area contributed by atoms with Crippen molar-refractivity contribution in [2.75, 3.05) is 6.54 Å². The van der Waals surface area contributed by atoms with Crippen LogP contribution in [0.1, 0.15) is 32.8 Å². The van der Waals surface area contributed by atoms with Crippen LogP contribution in [0.3, 0.4) is 0 Å². The molecule has 1 aliphatic rings. The van der Waals surface area contributed by atoms with Gasteiger partial charge in [-0.1, -0.05) is 35.9 Å². The SMILES string of the molecule is CC(C)(C)[S+]([O-])N1CC=CC[C@@H]1Cc1ccc(Cl)cc1. The van der Waals surface area contributed by atoms with Crippen LogP contribution in [0, 0.1) is 0 Å². The molecule has 110 valence electrons. The third-order valence-electron chi connectivity index (χ3n) is 3.39. The highest BCUT2D eigenvalue weighted by Crippen LogP contribution is 2.27. The van der Waals surface area contributed by atoms with E-state index in [0.717, 1.165) is 24.4 Å². The van der Waals surface area contributed by atoms with E-state index in [9.17, 15) is 4.55 Å². The number of halogens is 1. The highest BCUT2D eigenvalue weighted by atomic mass is 35.5. The van der Waals surface area contributed by atoms with Gasteiger partial charge in [0.15, 0.2) is 0 Å². The Labute approximate surface area is 130 Å². The predicted octanol–water partition coefficient (Wildman–Crippen LogP) is 3.98. The monoisotopic (exact) mass is 311 g/mol. The van der Waals surface area contributed by atoms with Crippen LogP contribution < -0.4 is 0 Å². The Morgan fingerprint density at radius 3 is 2.50 bits per heavy atom. The van der Waals surface area contributed by atoms with Crippen LogP contribution in [0.2, 0.25) is 5.02 Å². The molecule has 0 aromatic heterocycles. The minimum Gasteiger partial charge on any atom is -0.597 e. The second-order valence-electron chi connectivity index (χ2n) is 6.15. The van der Waals surface area contributed by atoms with Crippen LogP contribution in [0.5, 0.6) is 0 Å². The highest BCUT2D eigenvalue weighted by Gasteiger charge is 2.37. The quantitative estimate of drug-likeness (QED) is 0.623. The Balaban J connectivity index is 2.11. The average molecular weight is 312 g/mol. The van der Waals surface area contributed by atoms with Crippen molar-refractivity contribution in [2.45, 2.75) is 44.4 Å². The van der Waals surface area contributed by atoms with E-state index in [2.05, 4.69) is 28.6 Å². The molecule has 2 atom stereocenters. The van der Waals surface area contributed by atoms with Gasteiger partial charge < -0.3 is 4.55 Å². The first-order valence-corrected chi connectivity index (χ1v) is 8.44. The lowest BCUT2D eigenvalue weighted by Gasteiger charge is -2.38. The van der Waals surface area contributed by atoms with E-state index in [4.69, 9.17) is 11.6 Å². The topological polar surface area (TPSA) is 26.3 Å². The molecule has 1 aliphatic heterocycles. The molecular formula is C16H22ClNOS. The fourth-order valence-corrected chi connectivity index (χ4v) is 3.81.